The molecule has 1 fully saturated rings. The molecule has 1 amide bonds. The van der Waals surface area contributed by atoms with Gasteiger partial charge in [0, 0.05) is 6.42 Å². The zero-order valence-electron chi connectivity index (χ0n) is 6.79. The Morgan fingerprint density at radius 2 is 2.25 bits per heavy atom. The van der Waals surface area contributed by atoms with Gasteiger partial charge in [-0.15, -0.1) is 11.6 Å². The summed E-state index contributed by atoms with van der Waals surface area (Å²) in [5.41, 5.74) is 0.947. The summed E-state index contributed by atoms with van der Waals surface area (Å²) in [4.78, 5) is 11.2. The van der Waals surface area contributed by atoms with E-state index in [0.717, 1.165) is 25.0 Å². The van der Waals surface area contributed by atoms with Crippen LogP contribution < -0.4 is 0 Å². The maximum atomic E-state index is 11.2. The van der Waals surface area contributed by atoms with E-state index in [1.54, 1.807) is 5.01 Å². The first-order valence-corrected chi connectivity index (χ1v) is 4.79. The Balaban J connectivity index is 2.18. The quantitative estimate of drug-likeness (QED) is 0.570. The van der Waals surface area contributed by atoms with E-state index in [1.807, 2.05) is 0 Å². The molecule has 66 valence electrons. The third kappa shape index (κ3) is 1.22. The summed E-state index contributed by atoms with van der Waals surface area (Å²) >= 11 is 5.65. The summed E-state index contributed by atoms with van der Waals surface area (Å²) in [6, 6.07) is 0.365. The van der Waals surface area contributed by atoms with Crippen LogP contribution in [0.25, 0.3) is 0 Å². The first kappa shape index (κ1) is 8.05. The van der Waals surface area contributed by atoms with Crippen molar-refractivity contribution in [2.24, 2.45) is 5.10 Å². The van der Waals surface area contributed by atoms with E-state index in [0.29, 0.717) is 18.3 Å². The number of rotatable bonds is 1. The smallest absolute Gasteiger partial charge is 0.242 e. The van der Waals surface area contributed by atoms with Crippen LogP contribution in [0.1, 0.15) is 25.7 Å². The van der Waals surface area contributed by atoms with Crippen LogP contribution in [0.5, 0.6) is 0 Å². The molecule has 2 aliphatic rings. The fourth-order valence-electron chi connectivity index (χ4n) is 1.76. The molecule has 1 atom stereocenters. The molecule has 0 N–H and O–H groups in total. The Labute approximate surface area is 76.4 Å². The number of amides is 1. The minimum atomic E-state index is 0.155. The second kappa shape index (κ2) is 3.05. The van der Waals surface area contributed by atoms with Crippen LogP contribution in [0.4, 0.5) is 0 Å². The van der Waals surface area contributed by atoms with E-state index in [9.17, 15) is 4.79 Å². The Kier molecular flexibility index (Phi) is 2.05. The molecule has 2 heterocycles. The van der Waals surface area contributed by atoms with Gasteiger partial charge in [-0.25, -0.2) is 5.01 Å². The minimum Gasteiger partial charge on any atom is -0.273 e. The standard InChI is InChI=1S/C8H11ClN2O/c9-5-6-1-2-7-3-4-8(12)11(7)10-6/h7H,1-5H2. The summed E-state index contributed by atoms with van der Waals surface area (Å²) in [6.07, 6.45) is 3.62. The van der Waals surface area contributed by atoms with Crippen molar-refractivity contribution in [3.8, 4) is 0 Å². The SMILES string of the molecule is O=C1CCC2CCC(CCl)=NN12. The lowest BCUT2D eigenvalue weighted by Crippen LogP contribution is -2.33. The molecule has 0 bridgehead atoms. The molecule has 3 nitrogen and oxygen atoms in total. The second-order valence-electron chi connectivity index (χ2n) is 3.27. The molecule has 0 radical (unpaired) electrons. The van der Waals surface area contributed by atoms with Crippen molar-refractivity contribution in [3.63, 3.8) is 0 Å². The number of alkyl halides is 1. The lowest BCUT2D eigenvalue weighted by Gasteiger charge is -2.25. The molecular weight excluding hydrogens is 176 g/mol. The largest absolute Gasteiger partial charge is 0.273 e. The van der Waals surface area contributed by atoms with Crippen LogP contribution in [0.15, 0.2) is 5.10 Å². The minimum absolute atomic E-state index is 0.155. The van der Waals surface area contributed by atoms with Gasteiger partial charge in [0.1, 0.15) is 0 Å². The van der Waals surface area contributed by atoms with Crippen LogP contribution in [-0.4, -0.2) is 28.5 Å². The first-order valence-electron chi connectivity index (χ1n) is 4.25. The third-order valence-corrected chi connectivity index (χ3v) is 2.77. The van der Waals surface area contributed by atoms with Gasteiger partial charge >= 0.3 is 0 Å². The molecular formula is C8H11ClN2O. The number of carbonyl (C=O) groups excluding carboxylic acids is 1. The van der Waals surface area contributed by atoms with Crippen LogP contribution in [-0.2, 0) is 4.79 Å². The molecule has 0 saturated carbocycles. The summed E-state index contributed by atoms with van der Waals surface area (Å²) in [7, 11) is 0. The Bertz CT molecular complexity index is 239. The number of carbonyl (C=O) groups is 1. The monoisotopic (exact) mass is 186 g/mol. The predicted molar refractivity (Wildman–Crippen MR) is 47.3 cm³/mol. The molecule has 1 saturated heterocycles. The number of halogens is 1. The van der Waals surface area contributed by atoms with Crippen molar-refractivity contribution in [2.75, 3.05) is 5.88 Å². The number of fused-ring (bicyclic) bond motifs is 1. The van der Waals surface area contributed by atoms with E-state index in [4.69, 9.17) is 11.6 Å². The van der Waals surface area contributed by atoms with Crippen molar-refractivity contribution in [1.29, 1.82) is 0 Å². The van der Waals surface area contributed by atoms with E-state index in [-0.39, 0.29) is 5.91 Å². The number of hydrogen-bond acceptors (Lipinski definition) is 2. The normalized spacial score (nSPS) is 28.8. The molecule has 4 heteroatoms. The van der Waals surface area contributed by atoms with Crippen LogP contribution in [0.2, 0.25) is 0 Å². The van der Waals surface area contributed by atoms with Gasteiger partial charge in [0.15, 0.2) is 0 Å². The highest BCUT2D eigenvalue weighted by Crippen LogP contribution is 2.26. The lowest BCUT2D eigenvalue weighted by atomic mass is 10.1. The number of nitrogens with zero attached hydrogens (tertiary/aromatic N) is 2. The molecule has 2 rings (SSSR count). The van der Waals surface area contributed by atoms with Crippen LogP contribution in [0, 0.1) is 0 Å². The van der Waals surface area contributed by atoms with Crippen molar-refractivity contribution in [1.82, 2.24) is 5.01 Å². The van der Waals surface area contributed by atoms with Gasteiger partial charge < -0.3 is 0 Å². The molecule has 1 unspecified atom stereocenters. The van der Waals surface area contributed by atoms with E-state index in [1.165, 1.54) is 0 Å². The first-order chi connectivity index (χ1) is 5.81. The molecule has 0 aromatic rings. The number of hydrazone groups is 1. The molecule has 2 aliphatic heterocycles. The van der Waals surface area contributed by atoms with E-state index in [2.05, 4.69) is 5.10 Å². The predicted octanol–water partition coefficient (Wildman–Crippen LogP) is 1.37. The highest BCUT2D eigenvalue weighted by atomic mass is 35.5. The van der Waals surface area contributed by atoms with Crippen LogP contribution in [0.3, 0.4) is 0 Å². The van der Waals surface area contributed by atoms with Gasteiger partial charge in [0.2, 0.25) is 5.91 Å². The molecule has 0 aromatic heterocycles. The third-order valence-electron chi connectivity index (χ3n) is 2.46. The van der Waals surface area contributed by atoms with Crippen molar-refractivity contribution < 1.29 is 4.79 Å². The van der Waals surface area contributed by atoms with Gasteiger partial charge in [0.05, 0.1) is 17.6 Å². The second-order valence-corrected chi connectivity index (χ2v) is 3.54. The van der Waals surface area contributed by atoms with Gasteiger partial charge in [-0.2, -0.15) is 5.10 Å². The maximum Gasteiger partial charge on any atom is 0.242 e. The maximum absolute atomic E-state index is 11.2. The lowest BCUT2D eigenvalue weighted by molar-refractivity contribution is -0.129. The zero-order valence-corrected chi connectivity index (χ0v) is 7.55. The Hall–Kier alpha value is -0.570. The summed E-state index contributed by atoms with van der Waals surface area (Å²) in [6.45, 7) is 0. The zero-order chi connectivity index (χ0) is 8.55. The van der Waals surface area contributed by atoms with Gasteiger partial charge in [-0.3, -0.25) is 4.79 Å². The van der Waals surface area contributed by atoms with Gasteiger partial charge in [-0.05, 0) is 19.3 Å². The van der Waals surface area contributed by atoms with Crippen molar-refractivity contribution >= 4 is 23.2 Å². The average molecular weight is 187 g/mol. The molecule has 12 heavy (non-hydrogen) atoms. The number of hydrogen-bond donors (Lipinski definition) is 0. The van der Waals surface area contributed by atoms with Gasteiger partial charge in [-0.1, -0.05) is 0 Å². The fourth-order valence-corrected chi connectivity index (χ4v) is 1.95. The molecule has 0 aliphatic carbocycles. The summed E-state index contributed by atoms with van der Waals surface area (Å²) < 4.78 is 0. The molecule has 0 aromatic carbocycles. The Morgan fingerprint density at radius 3 is 3.00 bits per heavy atom. The highest BCUT2D eigenvalue weighted by molar-refractivity contribution is 6.28. The highest BCUT2D eigenvalue weighted by Gasteiger charge is 2.33. The van der Waals surface area contributed by atoms with Crippen LogP contribution >= 0.6 is 11.6 Å². The van der Waals surface area contributed by atoms with Crippen molar-refractivity contribution in [2.45, 2.75) is 31.7 Å². The fraction of sp³-hybridized carbons (Fsp3) is 0.750. The Morgan fingerprint density at radius 1 is 1.50 bits per heavy atom. The summed E-state index contributed by atoms with van der Waals surface area (Å²) in [5, 5.41) is 5.84. The topological polar surface area (TPSA) is 32.7 Å². The van der Waals surface area contributed by atoms with E-state index >= 15 is 0 Å². The summed E-state index contributed by atoms with van der Waals surface area (Å²) in [5.74, 6) is 0.610. The average Bonchev–Trinajstić information content (AvgIpc) is 2.47. The van der Waals surface area contributed by atoms with Crippen molar-refractivity contribution in [3.05, 3.63) is 0 Å². The van der Waals surface area contributed by atoms with E-state index < -0.39 is 0 Å². The van der Waals surface area contributed by atoms with Gasteiger partial charge in [0.25, 0.3) is 0 Å². The molecule has 0 spiro atoms.